The van der Waals surface area contributed by atoms with Crippen molar-refractivity contribution in [3.63, 3.8) is 0 Å². The van der Waals surface area contributed by atoms with Gasteiger partial charge in [0.05, 0.1) is 0 Å². The van der Waals surface area contributed by atoms with E-state index in [2.05, 4.69) is 11.9 Å². The molecule has 0 aliphatic heterocycles. The van der Waals surface area contributed by atoms with E-state index in [1.54, 1.807) is 0 Å². The van der Waals surface area contributed by atoms with E-state index >= 15 is 0 Å². The number of anilines is 1. The van der Waals surface area contributed by atoms with Gasteiger partial charge in [-0.1, -0.05) is 24.2 Å². The molecule has 0 spiro atoms. The number of hydrogen-bond acceptors (Lipinski definition) is 1. The van der Waals surface area contributed by atoms with Crippen LogP contribution in [0.15, 0.2) is 36.9 Å². The molecule has 0 heterocycles. The van der Waals surface area contributed by atoms with Gasteiger partial charge in [0.1, 0.15) is 7.85 Å². The van der Waals surface area contributed by atoms with E-state index in [0.29, 0.717) is 0 Å². The second-order valence-corrected chi connectivity index (χ2v) is 2.56. The number of nitrogens with one attached hydrogen (secondary N) is 1. The summed E-state index contributed by atoms with van der Waals surface area (Å²) in [6, 6.07) is 7.62. The zero-order valence-corrected chi connectivity index (χ0v) is 7.00. The molecule has 3 heteroatoms. The SMILES string of the molecule is Bc1cccc(NC(=O)C=C)c1. The maximum Gasteiger partial charge on any atom is 0.247 e. The van der Waals surface area contributed by atoms with E-state index in [0.717, 1.165) is 11.2 Å². The molecule has 1 N–H and O–H groups in total. The van der Waals surface area contributed by atoms with E-state index in [4.69, 9.17) is 0 Å². The molecule has 0 radical (unpaired) electrons. The minimum atomic E-state index is -0.180. The zero-order chi connectivity index (χ0) is 8.97. The summed E-state index contributed by atoms with van der Waals surface area (Å²) >= 11 is 0. The van der Waals surface area contributed by atoms with E-state index in [-0.39, 0.29) is 5.91 Å². The average molecular weight is 159 g/mol. The molecule has 0 atom stereocenters. The van der Waals surface area contributed by atoms with Crippen molar-refractivity contribution >= 4 is 24.9 Å². The maximum atomic E-state index is 10.9. The van der Waals surface area contributed by atoms with Crippen LogP contribution in [0.1, 0.15) is 0 Å². The summed E-state index contributed by atoms with van der Waals surface area (Å²) in [6.07, 6.45) is 1.25. The normalized spacial score (nSPS) is 9.00. The van der Waals surface area contributed by atoms with Crippen LogP contribution in [-0.2, 0) is 4.79 Å². The van der Waals surface area contributed by atoms with E-state index in [1.165, 1.54) is 6.08 Å². The van der Waals surface area contributed by atoms with Crippen LogP contribution in [0.5, 0.6) is 0 Å². The number of carbonyl (C=O) groups excluding carboxylic acids is 1. The Bertz CT molecular complexity index is 309. The van der Waals surface area contributed by atoms with Crippen molar-refractivity contribution in [1.29, 1.82) is 0 Å². The van der Waals surface area contributed by atoms with Crippen LogP contribution < -0.4 is 10.8 Å². The van der Waals surface area contributed by atoms with Crippen LogP contribution in [0.25, 0.3) is 0 Å². The number of amides is 1. The molecule has 0 unspecified atom stereocenters. The number of hydrogen-bond donors (Lipinski definition) is 1. The number of rotatable bonds is 2. The molecule has 12 heavy (non-hydrogen) atoms. The van der Waals surface area contributed by atoms with Crippen LogP contribution in [0.3, 0.4) is 0 Å². The molecule has 0 saturated carbocycles. The summed E-state index contributed by atoms with van der Waals surface area (Å²) < 4.78 is 0. The lowest BCUT2D eigenvalue weighted by molar-refractivity contribution is -0.111. The summed E-state index contributed by atoms with van der Waals surface area (Å²) in [6.45, 7) is 3.37. The predicted molar refractivity (Wildman–Crippen MR) is 53.4 cm³/mol. The molecule has 0 fully saturated rings. The average Bonchev–Trinajstić information content (AvgIpc) is 2.04. The van der Waals surface area contributed by atoms with Crippen molar-refractivity contribution in [1.82, 2.24) is 0 Å². The highest BCUT2D eigenvalue weighted by atomic mass is 16.1. The Balaban J connectivity index is 2.76. The molecule has 0 aliphatic rings. The molecule has 1 amide bonds. The first kappa shape index (κ1) is 8.59. The molecule has 1 aromatic rings. The largest absolute Gasteiger partial charge is 0.323 e. The van der Waals surface area contributed by atoms with Gasteiger partial charge in [-0.15, -0.1) is 0 Å². The first-order valence-electron chi connectivity index (χ1n) is 3.72. The summed E-state index contributed by atoms with van der Waals surface area (Å²) in [7, 11) is 1.98. The third kappa shape index (κ3) is 2.27. The Morgan fingerprint density at radius 1 is 1.58 bits per heavy atom. The van der Waals surface area contributed by atoms with E-state index in [9.17, 15) is 4.79 Å². The molecular formula is C9H10BNO. The summed E-state index contributed by atoms with van der Waals surface area (Å²) in [5, 5.41) is 2.68. The molecule has 1 rings (SSSR count). The second-order valence-electron chi connectivity index (χ2n) is 2.56. The smallest absolute Gasteiger partial charge is 0.247 e. The third-order valence-electron chi connectivity index (χ3n) is 1.47. The maximum absolute atomic E-state index is 10.9. The summed E-state index contributed by atoms with van der Waals surface area (Å²) in [5.41, 5.74) is 1.93. The van der Waals surface area contributed by atoms with Gasteiger partial charge in [-0.3, -0.25) is 4.79 Å². The zero-order valence-electron chi connectivity index (χ0n) is 7.00. The van der Waals surface area contributed by atoms with Crippen molar-refractivity contribution in [2.75, 3.05) is 5.32 Å². The quantitative estimate of drug-likeness (QED) is 0.480. The van der Waals surface area contributed by atoms with Gasteiger partial charge in [-0.25, -0.2) is 0 Å². The van der Waals surface area contributed by atoms with Crippen LogP contribution in [0.4, 0.5) is 5.69 Å². The lowest BCUT2D eigenvalue weighted by Crippen LogP contribution is -2.10. The molecule has 0 aliphatic carbocycles. The minimum absolute atomic E-state index is 0.180. The van der Waals surface area contributed by atoms with Gasteiger partial charge in [0.15, 0.2) is 0 Å². The standard InChI is InChI=1S/C9H10BNO/c1-2-9(12)11-8-5-3-4-7(10)6-8/h2-6H,1,10H2,(H,11,12). The predicted octanol–water partition coefficient (Wildman–Crippen LogP) is 0.0695. The van der Waals surface area contributed by atoms with Gasteiger partial charge in [0, 0.05) is 5.69 Å². The summed E-state index contributed by atoms with van der Waals surface area (Å²) in [4.78, 5) is 10.9. The van der Waals surface area contributed by atoms with Gasteiger partial charge < -0.3 is 5.32 Å². The van der Waals surface area contributed by atoms with Gasteiger partial charge in [-0.2, -0.15) is 0 Å². The van der Waals surface area contributed by atoms with Crippen molar-refractivity contribution in [3.05, 3.63) is 36.9 Å². The van der Waals surface area contributed by atoms with Crippen LogP contribution >= 0.6 is 0 Å². The Labute approximate surface area is 72.7 Å². The molecule has 0 saturated heterocycles. The van der Waals surface area contributed by atoms with E-state index < -0.39 is 0 Å². The molecule has 2 nitrogen and oxygen atoms in total. The second kappa shape index (κ2) is 3.76. The lowest BCUT2D eigenvalue weighted by atomic mass is 9.96. The first-order chi connectivity index (χ1) is 5.72. The number of benzene rings is 1. The van der Waals surface area contributed by atoms with Crippen molar-refractivity contribution < 1.29 is 4.79 Å². The fourth-order valence-electron chi connectivity index (χ4n) is 0.916. The number of carbonyl (C=O) groups is 1. The highest BCUT2D eigenvalue weighted by Gasteiger charge is 1.95. The summed E-state index contributed by atoms with van der Waals surface area (Å²) in [5.74, 6) is -0.180. The fourth-order valence-corrected chi connectivity index (χ4v) is 0.916. The third-order valence-corrected chi connectivity index (χ3v) is 1.47. The van der Waals surface area contributed by atoms with Gasteiger partial charge in [0.25, 0.3) is 0 Å². The topological polar surface area (TPSA) is 29.1 Å². The monoisotopic (exact) mass is 159 g/mol. The molecule has 0 aromatic heterocycles. The van der Waals surface area contributed by atoms with Crippen LogP contribution in [0, 0.1) is 0 Å². The fraction of sp³-hybridized carbons (Fsp3) is 0. The molecular weight excluding hydrogens is 149 g/mol. The lowest BCUT2D eigenvalue weighted by Gasteiger charge is -2.01. The van der Waals surface area contributed by atoms with Crippen molar-refractivity contribution in [2.24, 2.45) is 0 Å². The van der Waals surface area contributed by atoms with Crippen LogP contribution in [-0.4, -0.2) is 13.8 Å². The highest BCUT2D eigenvalue weighted by molar-refractivity contribution is 6.32. The Kier molecular flexibility index (Phi) is 2.69. The van der Waals surface area contributed by atoms with Gasteiger partial charge in [0.2, 0.25) is 5.91 Å². The van der Waals surface area contributed by atoms with Crippen molar-refractivity contribution in [2.45, 2.75) is 0 Å². The minimum Gasteiger partial charge on any atom is -0.323 e. The van der Waals surface area contributed by atoms with Crippen molar-refractivity contribution in [3.8, 4) is 0 Å². The molecule has 1 aromatic carbocycles. The van der Waals surface area contributed by atoms with Crippen LogP contribution in [0.2, 0.25) is 0 Å². The molecule has 0 bridgehead atoms. The Morgan fingerprint density at radius 3 is 2.92 bits per heavy atom. The Hall–Kier alpha value is -1.51. The van der Waals surface area contributed by atoms with Gasteiger partial charge >= 0.3 is 0 Å². The van der Waals surface area contributed by atoms with E-state index in [1.807, 2.05) is 32.1 Å². The van der Waals surface area contributed by atoms with Gasteiger partial charge in [-0.05, 0) is 18.2 Å². The Morgan fingerprint density at radius 2 is 2.33 bits per heavy atom. The molecule has 60 valence electrons. The first-order valence-corrected chi connectivity index (χ1v) is 3.72. The highest BCUT2D eigenvalue weighted by Crippen LogP contribution is 2.02.